The highest BCUT2D eigenvalue weighted by molar-refractivity contribution is 8.01. The van der Waals surface area contributed by atoms with Gasteiger partial charge >= 0.3 is 6.09 Å². The number of ether oxygens (including phenoxy) is 1. The molecule has 0 aliphatic carbocycles. The van der Waals surface area contributed by atoms with E-state index < -0.39 is 21.5 Å². The Morgan fingerprint density at radius 1 is 1.15 bits per heavy atom. The molecule has 0 spiro atoms. The molecular formula is C24H25FN2O4S3. The molecule has 0 atom stereocenters. The Hall–Kier alpha value is -2.69. The normalized spacial score (nSPS) is 12.2. The Labute approximate surface area is 207 Å². The van der Waals surface area contributed by atoms with E-state index >= 15 is 0 Å². The Balaban J connectivity index is 1.93. The van der Waals surface area contributed by atoms with E-state index in [1.54, 1.807) is 58.2 Å². The van der Waals surface area contributed by atoms with Crippen molar-refractivity contribution in [3.63, 3.8) is 0 Å². The SMILES string of the molecule is CSc1sc(/N=C/NC(=O)OC(C)(C)C)cc1S(=O)(=O)c1cccc(-c2ccc(F)cc2)c1C. The minimum atomic E-state index is -3.87. The highest BCUT2D eigenvalue weighted by Crippen LogP contribution is 2.42. The molecule has 6 nitrogen and oxygen atoms in total. The summed E-state index contributed by atoms with van der Waals surface area (Å²) in [6, 6.07) is 12.5. The Morgan fingerprint density at radius 2 is 1.82 bits per heavy atom. The molecule has 1 amide bonds. The second-order valence-electron chi connectivity index (χ2n) is 8.28. The van der Waals surface area contributed by atoms with Crippen LogP contribution in [0.2, 0.25) is 0 Å². The highest BCUT2D eigenvalue weighted by Gasteiger charge is 2.27. The predicted octanol–water partition coefficient (Wildman–Crippen LogP) is 6.60. The van der Waals surface area contributed by atoms with Crippen molar-refractivity contribution in [1.82, 2.24) is 5.32 Å². The second-order valence-corrected chi connectivity index (χ2v) is 12.3. The molecule has 0 radical (unpaired) electrons. The smallest absolute Gasteiger partial charge is 0.412 e. The van der Waals surface area contributed by atoms with Crippen molar-refractivity contribution >= 4 is 50.4 Å². The lowest BCUT2D eigenvalue weighted by Gasteiger charge is -2.18. The van der Waals surface area contributed by atoms with Crippen LogP contribution in [0.4, 0.5) is 14.2 Å². The van der Waals surface area contributed by atoms with Gasteiger partial charge in [-0.1, -0.05) is 24.3 Å². The fourth-order valence-corrected chi connectivity index (χ4v) is 7.24. The number of aliphatic imine (C=N–C) groups is 1. The van der Waals surface area contributed by atoms with E-state index in [1.807, 2.05) is 6.07 Å². The van der Waals surface area contributed by atoms with Gasteiger partial charge in [0.05, 0.1) is 20.3 Å². The fraction of sp³-hybridized carbons (Fsp3) is 0.250. The van der Waals surface area contributed by atoms with Gasteiger partial charge in [-0.2, -0.15) is 0 Å². The topological polar surface area (TPSA) is 84.8 Å². The van der Waals surface area contributed by atoms with Crippen molar-refractivity contribution in [1.29, 1.82) is 0 Å². The minimum absolute atomic E-state index is 0.147. The first-order valence-electron chi connectivity index (χ1n) is 10.2. The number of hydrogen-bond donors (Lipinski definition) is 1. The zero-order valence-electron chi connectivity index (χ0n) is 19.4. The number of nitrogens with one attached hydrogen (secondary N) is 1. The molecule has 0 unspecified atom stereocenters. The number of carbonyl (C=O) groups is 1. The molecule has 1 N–H and O–H groups in total. The average Bonchev–Trinajstić information content (AvgIpc) is 3.17. The van der Waals surface area contributed by atoms with Gasteiger partial charge in [-0.05, 0) is 74.9 Å². The van der Waals surface area contributed by atoms with E-state index in [-0.39, 0.29) is 15.6 Å². The largest absolute Gasteiger partial charge is 0.444 e. The van der Waals surface area contributed by atoms with Crippen molar-refractivity contribution in [2.75, 3.05) is 6.26 Å². The Kier molecular flexibility index (Phi) is 7.84. The van der Waals surface area contributed by atoms with Gasteiger partial charge in [-0.25, -0.2) is 22.6 Å². The number of rotatable bonds is 6. The van der Waals surface area contributed by atoms with Crippen LogP contribution < -0.4 is 5.32 Å². The monoisotopic (exact) mass is 520 g/mol. The van der Waals surface area contributed by atoms with E-state index in [2.05, 4.69) is 10.3 Å². The van der Waals surface area contributed by atoms with Gasteiger partial charge in [-0.15, -0.1) is 23.1 Å². The third-order valence-electron chi connectivity index (χ3n) is 4.63. The van der Waals surface area contributed by atoms with Gasteiger partial charge < -0.3 is 4.74 Å². The molecule has 0 bridgehead atoms. The summed E-state index contributed by atoms with van der Waals surface area (Å²) < 4.78 is 46.3. The van der Waals surface area contributed by atoms with Crippen LogP contribution in [0.1, 0.15) is 26.3 Å². The average molecular weight is 521 g/mol. The first-order chi connectivity index (χ1) is 15.9. The summed E-state index contributed by atoms with van der Waals surface area (Å²) in [4.78, 5) is 16.3. The maximum atomic E-state index is 13.6. The van der Waals surface area contributed by atoms with Crippen LogP contribution in [0.15, 0.2) is 67.5 Å². The summed E-state index contributed by atoms with van der Waals surface area (Å²) in [6.45, 7) is 6.98. The van der Waals surface area contributed by atoms with E-state index in [0.29, 0.717) is 20.3 Å². The molecule has 0 aliphatic heterocycles. The number of hydrogen-bond acceptors (Lipinski definition) is 7. The van der Waals surface area contributed by atoms with Gasteiger partial charge in [0.15, 0.2) is 0 Å². The van der Waals surface area contributed by atoms with Crippen molar-refractivity contribution in [2.45, 2.75) is 47.3 Å². The van der Waals surface area contributed by atoms with Crippen molar-refractivity contribution < 1.29 is 22.3 Å². The van der Waals surface area contributed by atoms with Crippen LogP contribution in [-0.4, -0.2) is 32.7 Å². The lowest BCUT2D eigenvalue weighted by Crippen LogP contribution is -2.31. The van der Waals surface area contributed by atoms with Gasteiger partial charge in [0.1, 0.15) is 16.4 Å². The number of carbonyl (C=O) groups excluding carboxylic acids is 1. The molecule has 0 aliphatic rings. The van der Waals surface area contributed by atoms with Gasteiger partial charge in [0.2, 0.25) is 9.84 Å². The van der Waals surface area contributed by atoms with Crippen molar-refractivity contribution in [2.24, 2.45) is 4.99 Å². The summed E-state index contributed by atoms with van der Waals surface area (Å²) in [6.07, 6.45) is 2.32. The molecule has 34 heavy (non-hydrogen) atoms. The molecule has 0 saturated carbocycles. The van der Waals surface area contributed by atoms with Crippen molar-refractivity contribution in [3.05, 3.63) is 59.9 Å². The van der Waals surface area contributed by atoms with Crippen LogP contribution in [0, 0.1) is 12.7 Å². The number of thioether (sulfide) groups is 1. The lowest BCUT2D eigenvalue weighted by molar-refractivity contribution is 0.0565. The Bertz CT molecular complexity index is 1330. The van der Waals surface area contributed by atoms with Crippen LogP contribution in [-0.2, 0) is 14.6 Å². The summed E-state index contributed by atoms with van der Waals surface area (Å²) in [5.74, 6) is -0.359. The molecule has 2 aromatic carbocycles. The zero-order valence-corrected chi connectivity index (χ0v) is 21.8. The molecule has 1 aromatic heterocycles. The van der Waals surface area contributed by atoms with Crippen molar-refractivity contribution in [3.8, 4) is 11.1 Å². The first-order valence-corrected chi connectivity index (χ1v) is 13.8. The third-order valence-corrected chi connectivity index (χ3v) is 8.99. The zero-order chi connectivity index (χ0) is 25.1. The molecule has 10 heteroatoms. The predicted molar refractivity (Wildman–Crippen MR) is 136 cm³/mol. The quantitative estimate of drug-likeness (QED) is 0.225. The molecule has 3 aromatic rings. The van der Waals surface area contributed by atoms with Crippen LogP contribution >= 0.6 is 23.1 Å². The summed E-state index contributed by atoms with van der Waals surface area (Å²) in [5, 5.41) is 2.84. The summed E-state index contributed by atoms with van der Waals surface area (Å²) in [5.41, 5.74) is 1.37. The molecule has 180 valence electrons. The lowest BCUT2D eigenvalue weighted by atomic mass is 10.0. The van der Waals surface area contributed by atoms with Crippen LogP contribution in [0.5, 0.6) is 0 Å². The Morgan fingerprint density at radius 3 is 2.44 bits per heavy atom. The van der Waals surface area contributed by atoms with Crippen LogP contribution in [0.25, 0.3) is 11.1 Å². The number of benzene rings is 2. The first kappa shape index (κ1) is 25.9. The second kappa shape index (κ2) is 10.3. The highest BCUT2D eigenvalue weighted by atomic mass is 32.2. The number of alkyl carbamates (subject to hydrolysis) is 1. The summed E-state index contributed by atoms with van der Waals surface area (Å²) in [7, 11) is -3.87. The molecule has 0 fully saturated rings. The third kappa shape index (κ3) is 6.05. The maximum Gasteiger partial charge on any atom is 0.412 e. The number of nitrogens with zero attached hydrogens (tertiary/aromatic N) is 1. The minimum Gasteiger partial charge on any atom is -0.444 e. The molecule has 1 heterocycles. The number of thiophene rings is 1. The van der Waals surface area contributed by atoms with Gasteiger partial charge in [-0.3, -0.25) is 5.32 Å². The number of halogens is 1. The van der Waals surface area contributed by atoms with Crippen LogP contribution in [0.3, 0.4) is 0 Å². The number of sulfone groups is 1. The van der Waals surface area contributed by atoms with E-state index in [1.165, 1.54) is 47.6 Å². The molecule has 3 rings (SSSR count). The standard InChI is InChI=1S/C24H25FN2O4S3/c1-15-18(16-9-11-17(25)12-10-16)7-6-8-19(15)34(29,30)20-13-21(33-22(20)32-5)26-14-27-23(28)31-24(2,3)4/h6-14H,1-5H3,(H,26,27,28). The number of amides is 1. The fourth-order valence-electron chi connectivity index (χ4n) is 3.16. The van der Waals surface area contributed by atoms with Gasteiger partial charge in [0, 0.05) is 0 Å². The van der Waals surface area contributed by atoms with E-state index in [9.17, 15) is 17.6 Å². The van der Waals surface area contributed by atoms with E-state index in [0.717, 1.165) is 5.56 Å². The molecule has 0 saturated heterocycles. The van der Waals surface area contributed by atoms with E-state index in [4.69, 9.17) is 4.74 Å². The van der Waals surface area contributed by atoms with Gasteiger partial charge in [0.25, 0.3) is 0 Å². The molecular weight excluding hydrogens is 495 g/mol. The summed E-state index contributed by atoms with van der Waals surface area (Å²) >= 11 is 2.51. The maximum absolute atomic E-state index is 13.6.